The lowest BCUT2D eigenvalue weighted by Gasteiger charge is -2.41. The Hall–Kier alpha value is -3.21. The molecule has 5 nitrogen and oxygen atoms in total. The van der Waals surface area contributed by atoms with E-state index in [0.29, 0.717) is 0 Å². The van der Waals surface area contributed by atoms with E-state index in [-0.39, 0.29) is 12.1 Å². The summed E-state index contributed by atoms with van der Waals surface area (Å²) < 4.78 is 7.49. The van der Waals surface area contributed by atoms with Gasteiger partial charge in [-0.2, -0.15) is 0 Å². The lowest BCUT2D eigenvalue weighted by atomic mass is 10.0. The third-order valence-electron chi connectivity index (χ3n) is 4.95. The standard InChI is InChI=1S/C21H21N3O2/c1-22-17-9-5-4-8-16(17)21(25)23(2)20(22)15-12-13-24(14-15)18-10-6-7-11-19(18)26-3/h4-14,20H,1-3H3/t20-/m0/s1. The van der Waals surface area contributed by atoms with Gasteiger partial charge in [0.05, 0.1) is 24.0 Å². The fraction of sp³-hybridized carbons (Fsp3) is 0.190. The van der Waals surface area contributed by atoms with Crippen molar-refractivity contribution in [3.8, 4) is 11.4 Å². The van der Waals surface area contributed by atoms with Gasteiger partial charge >= 0.3 is 0 Å². The van der Waals surface area contributed by atoms with E-state index >= 15 is 0 Å². The second-order valence-corrected chi connectivity index (χ2v) is 6.44. The van der Waals surface area contributed by atoms with E-state index < -0.39 is 0 Å². The number of amides is 1. The summed E-state index contributed by atoms with van der Waals surface area (Å²) in [6, 6.07) is 17.7. The molecule has 1 aliphatic heterocycles. The smallest absolute Gasteiger partial charge is 0.257 e. The molecule has 2 heterocycles. The van der Waals surface area contributed by atoms with Gasteiger partial charge in [0.25, 0.3) is 5.91 Å². The number of methoxy groups -OCH3 is 1. The molecule has 0 aliphatic carbocycles. The molecule has 0 fully saturated rings. The van der Waals surface area contributed by atoms with E-state index in [9.17, 15) is 4.79 Å². The SMILES string of the molecule is COc1ccccc1-n1ccc([C@@H]2N(C)C(=O)c3ccccc3N2C)c1. The van der Waals surface area contributed by atoms with Gasteiger partial charge in [-0.1, -0.05) is 24.3 Å². The average Bonchev–Trinajstić information content (AvgIpc) is 3.16. The summed E-state index contributed by atoms with van der Waals surface area (Å²) in [4.78, 5) is 16.7. The summed E-state index contributed by atoms with van der Waals surface area (Å²) >= 11 is 0. The molecule has 1 atom stereocenters. The number of ether oxygens (including phenoxy) is 1. The summed E-state index contributed by atoms with van der Waals surface area (Å²) in [6.45, 7) is 0. The molecule has 0 unspecified atom stereocenters. The normalized spacial score (nSPS) is 16.6. The molecule has 0 saturated heterocycles. The Morgan fingerprint density at radius 1 is 0.885 bits per heavy atom. The number of aromatic nitrogens is 1. The number of hydrogen-bond donors (Lipinski definition) is 0. The zero-order valence-corrected chi connectivity index (χ0v) is 15.1. The second-order valence-electron chi connectivity index (χ2n) is 6.44. The molecular weight excluding hydrogens is 326 g/mol. The van der Waals surface area contributed by atoms with E-state index in [2.05, 4.69) is 11.1 Å². The van der Waals surface area contributed by atoms with Crippen LogP contribution in [-0.4, -0.2) is 36.6 Å². The minimum absolute atomic E-state index is 0.0359. The van der Waals surface area contributed by atoms with Crippen molar-refractivity contribution in [1.82, 2.24) is 9.47 Å². The maximum absolute atomic E-state index is 12.8. The van der Waals surface area contributed by atoms with Crippen LogP contribution in [-0.2, 0) is 0 Å². The molecule has 1 amide bonds. The Bertz CT molecular complexity index is 963. The van der Waals surface area contributed by atoms with E-state index in [1.807, 2.05) is 79.5 Å². The number of nitrogens with zero attached hydrogens (tertiary/aromatic N) is 3. The first-order chi connectivity index (χ1) is 12.6. The van der Waals surface area contributed by atoms with Gasteiger partial charge in [0.1, 0.15) is 11.9 Å². The van der Waals surface area contributed by atoms with Crippen LogP contribution in [0.2, 0.25) is 0 Å². The summed E-state index contributed by atoms with van der Waals surface area (Å²) in [5.41, 5.74) is 3.70. The van der Waals surface area contributed by atoms with Crippen LogP contribution >= 0.6 is 0 Å². The summed E-state index contributed by atoms with van der Waals surface area (Å²) in [5, 5.41) is 0. The summed E-state index contributed by atoms with van der Waals surface area (Å²) in [5.74, 6) is 0.843. The second kappa shape index (κ2) is 6.26. The number of carbonyl (C=O) groups is 1. The highest BCUT2D eigenvalue weighted by Crippen LogP contribution is 2.37. The van der Waals surface area contributed by atoms with Crippen molar-refractivity contribution < 1.29 is 9.53 Å². The Labute approximate surface area is 153 Å². The lowest BCUT2D eigenvalue weighted by molar-refractivity contribution is 0.0711. The zero-order valence-electron chi connectivity index (χ0n) is 15.1. The Balaban J connectivity index is 1.75. The molecule has 0 radical (unpaired) electrons. The van der Waals surface area contributed by atoms with Crippen LogP contribution in [0.5, 0.6) is 5.75 Å². The van der Waals surface area contributed by atoms with Crippen molar-refractivity contribution in [2.24, 2.45) is 0 Å². The predicted octanol–water partition coefficient (Wildman–Crippen LogP) is 3.71. The Morgan fingerprint density at radius 3 is 2.35 bits per heavy atom. The topological polar surface area (TPSA) is 37.7 Å². The number of anilines is 1. The largest absolute Gasteiger partial charge is 0.495 e. The molecule has 5 heteroatoms. The molecule has 0 saturated carbocycles. The molecule has 2 aromatic carbocycles. The predicted molar refractivity (Wildman–Crippen MR) is 102 cm³/mol. The molecule has 0 N–H and O–H groups in total. The van der Waals surface area contributed by atoms with Crippen LogP contribution in [0, 0.1) is 0 Å². The number of hydrogen-bond acceptors (Lipinski definition) is 3. The van der Waals surface area contributed by atoms with E-state index in [0.717, 1.165) is 28.3 Å². The van der Waals surface area contributed by atoms with Crippen molar-refractivity contribution in [3.63, 3.8) is 0 Å². The Kier molecular flexibility index (Phi) is 3.92. The van der Waals surface area contributed by atoms with Gasteiger partial charge in [0.15, 0.2) is 0 Å². The molecule has 1 aromatic heterocycles. The van der Waals surface area contributed by atoms with Gasteiger partial charge < -0.3 is 19.1 Å². The van der Waals surface area contributed by atoms with Crippen molar-refractivity contribution in [2.75, 3.05) is 26.1 Å². The van der Waals surface area contributed by atoms with Crippen molar-refractivity contribution >= 4 is 11.6 Å². The van der Waals surface area contributed by atoms with Gasteiger partial charge in [-0.05, 0) is 30.3 Å². The monoisotopic (exact) mass is 347 g/mol. The molecule has 26 heavy (non-hydrogen) atoms. The third kappa shape index (κ3) is 2.44. The minimum atomic E-state index is -0.159. The highest BCUT2D eigenvalue weighted by Gasteiger charge is 2.34. The number of para-hydroxylation sites is 3. The van der Waals surface area contributed by atoms with E-state index in [1.165, 1.54) is 0 Å². The van der Waals surface area contributed by atoms with Crippen LogP contribution in [0.3, 0.4) is 0 Å². The van der Waals surface area contributed by atoms with Gasteiger partial charge in [-0.15, -0.1) is 0 Å². The number of benzene rings is 2. The van der Waals surface area contributed by atoms with Gasteiger partial charge in [0, 0.05) is 32.1 Å². The van der Waals surface area contributed by atoms with Crippen LogP contribution in [0.25, 0.3) is 5.69 Å². The zero-order chi connectivity index (χ0) is 18.3. The van der Waals surface area contributed by atoms with Crippen molar-refractivity contribution in [2.45, 2.75) is 6.17 Å². The average molecular weight is 347 g/mol. The first kappa shape index (κ1) is 16.3. The molecule has 1 aliphatic rings. The Morgan fingerprint density at radius 2 is 1.58 bits per heavy atom. The van der Waals surface area contributed by atoms with Crippen LogP contribution in [0.4, 0.5) is 5.69 Å². The highest BCUT2D eigenvalue weighted by molar-refractivity contribution is 6.01. The molecule has 0 bridgehead atoms. The first-order valence-corrected chi connectivity index (χ1v) is 8.52. The van der Waals surface area contributed by atoms with Crippen LogP contribution in [0.1, 0.15) is 22.1 Å². The fourth-order valence-electron chi connectivity index (χ4n) is 3.66. The summed E-state index contributed by atoms with van der Waals surface area (Å²) in [7, 11) is 5.54. The van der Waals surface area contributed by atoms with Crippen molar-refractivity contribution in [1.29, 1.82) is 0 Å². The van der Waals surface area contributed by atoms with E-state index in [4.69, 9.17) is 4.74 Å². The van der Waals surface area contributed by atoms with Crippen molar-refractivity contribution in [3.05, 3.63) is 78.1 Å². The summed E-state index contributed by atoms with van der Waals surface area (Å²) in [6.07, 6.45) is 3.89. The third-order valence-corrected chi connectivity index (χ3v) is 4.95. The molecule has 3 aromatic rings. The van der Waals surface area contributed by atoms with Gasteiger partial charge in [-0.3, -0.25) is 4.79 Å². The molecule has 0 spiro atoms. The molecule has 4 rings (SSSR count). The van der Waals surface area contributed by atoms with Gasteiger partial charge in [-0.25, -0.2) is 0 Å². The number of carbonyl (C=O) groups excluding carboxylic acids is 1. The number of fused-ring (bicyclic) bond motifs is 1. The van der Waals surface area contributed by atoms with Gasteiger partial charge in [0.2, 0.25) is 0 Å². The maximum Gasteiger partial charge on any atom is 0.257 e. The maximum atomic E-state index is 12.8. The van der Waals surface area contributed by atoms with E-state index in [1.54, 1.807) is 12.0 Å². The van der Waals surface area contributed by atoms with Crippen LogP contribution in [0.15, 0.2) is 67.0 Å². The quantitative estimate of drug-likeness (QED) is 0.725. The fourth-order valence-corrected chi connectivity index (χ4v) is 3.66. The lowest BCUT2D eigenvalue weighted by Crippen LogP contribution is -2.45. The first-order valence-electron chi connectivity index (χ1n) is 8.52. The number of rotatable bonds is 3. The molecule has 132 valence electrons. The highest BCUT2D eigenvalue weighted by atomic mass is 16.5. The minimum Gasteiger partial charge on any atom is -0.495 e. The van der Waals surface area contributed by atoms with Crippen LogP contribution < -0.4 is 9.64 Å². The molecular formula is C21H21N3O2.